The second-order valence-electron chi connectivity index (χ2n) is 5.54. The second-order valence-corrected chi connectivity index (χ2v) is 5.54. The van der Waals surface area contributed by atoms with Crippen LogP contribution in [0.3, 0.4) is 0 Å². The molecule has 5 heteroatoms. The molecule has 1 aromatic carbocycles. The van der Waals surface area contributed by atoms with Crippen molar-refractivity contribution in [3.05, 3.63) is 35.4 Å². The Balaban J connectivity index is 1.86. The molecule has 5 nitrogen and oxygen atoms in total. The lowest BCUT2D eigenvalue weighted by molar-refractivity contribution is -0.136. The zero-order valence-electron chi connectivity index (χ0n) is 12.1. The van der Waals surface area contributed by atoms with Crippen molar-refractivity contribution in [3.8, 4) is 6.07 Å². The minimum absolute atomic E-state index is 0.0216. The first kappa shape index (κ1) is 15.5. The number of likely N-dealkylation sites (tertiary alicyclic amines) is 1. The standard InChI is InChI=1S/C16H21N3O2/c17-8-14-5-1-2-6-15(14)12-19-7-3-4-13(11-19)9-18-10-16(20)21/h1-2,5-6,13,18H,3-4,7,9-12H2,(H,20,21). The van der Waals surface area contributed by atoms with Gasteiger partial charge in [0.25, 0.3) is 0 Å². The monoisotopic (exact) mass is 287 g/mol. The van der Waals surface area contributed by atoms with Crippen LogP contribution in [0.15, 0.2) is 24.3 Å². The number of piperidine rings is 1. The number of nitrogens with zero attached hydrogens (tertiary/aromatic N) is 2. The predicted octanol–water partition coefficient (Wildman–Crippen LogP) is 1.44. The van der Waals surface area contributed by atoms with E-state index in [0.29, 0.717) is 5.92 Å². The van der Waals surface area contributed by atoms with E-state index < -0.39 is 5.97 Å². The van der Waals surface area contributed by atoms with Crippen molar-refractivity contribution in [3.63, 3.8) is 0 Å². The molecule has 0 aromatic heterocycles. The SMILES string of the molecule is N#Cc1ccccc1CN1CCCC(CNCC(=O)O)C1. The Bertz CT molecular complexity index is 524. The van der Waals surface area contributed by atoms with Gasteiger partial charge in [-0.05, 0) is 43.5 Å². The third-order valence-electron chi connectivity index (χ3n) is 3.84. The summed E-state index contributed by atoms with van der Waals surface area (Å²) in [5, 5.41) is 20.8. The molecule has 0 aliphatic carbocycles. The average molecular weight is 287 g/mol. The molecule has 0 saturated carbocycles. The summed E-state index contributed by atoms with van der Waals surface area (Å²) in [6, 6.07) is 9.95. The van der Waals surface area contributed by atoms with E-state index in [0.717, 1.165) is 50.1 Å². The van der Waals surface area contributed by atoms with E-state index >= 15 is 0 Å². The van der Waals surface area contributed by atoms with Crippen molar-refractivity contribution in [1.29, 1.82) is 5.26 Å². The molecule has 1 heterocycles. The molecule has 0 radical (unpaired) electrons. The molecular weight excluding hydrogens is 266 g/mol. The average Bonchev–Trinajstić information content (AvgIpc) is 2.48. The molecular formula is C16H21N3O2. The maximum Gasteiger partial charge on any atom is 0.317 e. The van der Waals surface area contributed by atoms with Crippen molar-refractivity contribution in [2.45, 2.75) is 19.4 Å². The van der Waals surface area contributed by atoms with Gasteiger partial charge in [0.15, 0.2) is 0 Å². The smallest absolute Gasteiger partial charge is 0.317 e. The number of carboxylic acid groups (broad SMARTS) is 1. The minimum atomic E-state index is -0.814. The number of carboxylic acids is 1. The first-order chi connectivity index (χ1) is 10.2. The van der Waals surface area contributed by atoms with Gasteiger partial charge in [0.2, 0.25) is 0 Å². The van der Waals surface area contributed by atoms with E-state index in [1.54, 1.807) is 0 Å². The number of aliphatic carboxylic acids is 1. The maximum absolute atomic E-state index is 10.5. The van der Waals surface area contributed by atoms with Gasteiger partial charge in [-0.1, -0.05) is 18.2 Å². The summed E-state index contributed by atoms with van der Waals surface area (Å²) in [7, 11) is 0. The number of nitriles is 1. The molecule has 1 aliphatic rings. The lowest BCUT2D eigenvalue weighted by Gasteiger charge is -2.33. The van der Waals surface area contributed by atoms with Gasteiger partial charge in [0, 0.05) is 13.1 Å². The third kappa shape index (κ3) is 4.85. The Labute approximate surface area is 125 Å². The zero-order chi connectivity index (χ0) is 15.1. The van der Waals surface area contributed by atoms with Gasteiger partial charge in [-0.25, -0.2) is 0 Å². The molecule has 0 amide bonds. The topological polar surface area (TPSA) is 76.4 Å². The highest BCUT2D eigenvalue weighted by Gasteiger charge is 2.20. The van der Waals surface area contributed by atoms with Gasteiger partial charge in [0.1, 0.15) is 0 Å². The fraction of sp³-hybridized carbons (Fsp3) is 0.500. The van der Waals surface area contributed by atoms with Crippen LogP contribution < -0.4 is 5.32 Å². The van der Waals surface area contributed by atoms with Crippen LogP contribution in [0.4, 0.5) is 0 Å². The zero-order valence-corrected chi connectivity index (χ0v) is 12.1. The van der Waals surface area contributed by atoms with Crippen LogP contribution in [0.25, 0.3) is 0 Å². The normalized spacial score (nSPS) is 19.1. The number of rotatable bonds is 6. The lowest BCUT2D eigenvalue weighted by Crippen LogP contribution is -2.40. The van der Waals surface area contributed by atoms with Gasteiger partial charge in [-0.15, -0.1) is 0 Å². The van der Waals surface area contributed by atoms with Crippen LogP contribution in [0.5, 0.6) is 0 Å². The number of benzene rings is 1. The maximum atomic E-state index is 10.5. The lowest BCUT2D eigenvalue weighted by atomic mass is 9.97. The molecule has 21 heavy (non-hydrogen) atoms. The Kier molecular flexibility index (Phi) is 5.73. The van der Waals surface area contributed by atoms with Gasteiger partial charge < -0.3 is 10.4 Å². The molecule has 1 saturated heterocycles. The Morgan fingerprint density at radius 3 is 3.05 bits per heavy atom. The fourth-order valence-electron chi connectivity index (χ4n) is 2.85. The number of hydrogen-bond acceptors (Lipinski definition) is 4. The largest absolute Gasteiger partial charge is 0.480 e. The van der Waals surface area contributed by atoms with Gasteiger partial charge in [-0.2, -0.15) is 5.26 Å². The Morgan fingerprint density at radius 1 is 1.48 bits per heavy atom. The summed E-state index contributed by atoms with van der Waals surface area (Å²) in [6.45, 7) is 3.54. The molecule has 1 atom stereocenters. The molecule has 2 N–H and O–H groups in total. The molecule has 0 bridgehead atoms. The summed E-state index contributed by atoms with van der Waals surface area (Å²) >= 11 is 0. The van der Waals surface area contributed by atoms with Crippen LogP contribution in [-0.2, 0) is 11.3 Å². The summed E-state index contributed by atoms with van der Waals surface area (Å²) in [5.74, 6) is -0.335. The highest BCUT2D eigenvalue weighted by atomic mass is 16.4. The molecule has 1 fully saturated rings. The molecule has 1 aromatic rings. The van der Waals surface area contributed by atoms with Crippen LogP contribution in [0.2, 0.25) is 0 Å². The molecule has 0 spiro atoms. The van der Waals surface area contributed by atoms with E-state index in [9.17, 15) is 4.79 Å². The van der Waals surface area contributed by atoms with Crippen LogP contribution in [-0.4, -0.2) is 42.2 Å². The van der Waals surface area contributed by atoms with E-state index in [2.05, 4.69) is 16.3 Å². The number of hydrogen-bond donors (Lipinski definition) is 2. The first-order valence-corrected chi connectivity index (χ1v) is 7.32. The third-order valence-corrected chi connectivity index (χ3v) is 3.84. The van der Waals surface area contributed by atoms with E-state index in [1.807, 2.05) is 24.3 Å². The van der Waals surface area contributed by atoms with Crippen molar-refractivity contribution in [2.24, 2.45) is 5.92 Å². The van der Waals surface area contributed by atoms with Gasteiger partial charge >= 0.3 is 5.97 Å². The number of carbonyl (C=O) groups is 1. The number of nitrogens with one attached hydrogen (secondary N) is 1. The molecule has 112 valence electrons. The van der Waals surface area contributed by atoms with Crippen molar-refractivity contribution < 1.29 is 9.90 Å². The van der Waals surface area contributed by atoms with Crippen LogP contribution >= 0.6 is 0 Å². The summed E-state index contributed by atoms with van der Waals surface area (Å²) in [4.78, 5) is 12.9. The van der Waals surface area contributed by atoms with Crippen LogP contribution in [0, 0.1) is 17.2 Å². The highest BCUT2D eigenvalue weighted by Crippen LogP contribution is 2.19. The van der Waals surface area contributed by atoms with Crippen molar-refractivity contribution in [1.82, 2.24) is 10.2 Å². The second kappa shape index (κ2) is 7.77. The highest BCUT2D eigenvalue weighted by molar-refractivity contribution is 5.68. The van der Waals surface area contributed by atoms with E-state index in [1.165, 1.54) is 0 Å². The van der Waals surface area contributed by atoms with Gasteiger partial charge in [0.05, 0.1) is 18.2 Å². The molecule has 1 aliphatic heterocycles. The van der Waals surface area contributed by atoms with Crippen molar-refractivity contribution in [2.75, 3.05) is 26.2 Å². The summed E-state index contributed by atoms with van der Waals surface area (Å²) in [6.07, 6.45) is 2.25. The van der Waals surface area contributed by atoms with Crippen molar-refractivity contribution >= 4 is 5.97 Å². The fourth-order valence-corrected chi connectivity index (χ4v) is 2.85. The Morgan fingerprint density at radius 2 is 2.29 bits per heavy atom. The molecule has 2 rings (SSSR count). The Hall–Kier alpha value is -1.90. The summed E-state index contributed by atoms with van der Waals surface area (Å²) < 4.78 is 0. The van der Waals surface area contributed by atoms with E-state index in [-0.39, 0.29) is 6.54 Å². The quantitative estimate of drug-likeness (QED) is 0.828. The van der Waals surface area contributed by atoms with Crippen LogP contribution in [0.1, 0.15) is 24.0 Å². The first-order valence-electron chi connectivity index (χ1n) is 7.32. The van der Waals surface area contributed by atoms with E-state index in [4.69, 9.17) is 10.4 Å². The molecule has 1 unspecified atom stereocenters. The predicted molar refractivity (Wildman–Crippen MR) is 79.7 cm³/mol. The van der Waals surface area contributed by atoms with Gasteiger partial charge in [-0.3, -0.25) is 9.69 Å². The summed E-state index contributed by atoms with van der Waals surface area (Å²) in [5.41, 5.74) is 1.81. The minimum Gasteiger partial charge on any atom is -0.480 e.